The Morgan fingerprint density at radius 3 is 2.10 bits per heavy atom. The van der Waals surface area contributed by atoms with Gasteiger partial charge in [-0.1, -0.05) is 73.7 Å². The number of para-hydroxylation sites is 2. The summed E-state index contributed by atoms with van der Waals surface area (Å²) in [6.07, 6.45) is 0.754. The summed E-state index contributed by atoms with van der Waals surface area (Å²) in [6, 6.07) is 34.2. The fraction of sp³-hybridized carbons (Fsp3) is 0.0741. The molecule has 1 heterocycles. The van der Waals surface area contributed by atoms with E-state index in [1.54, 1.807) is 0 Å². The molecule has 2 nitrogen and oxygen atoms in total. The average Bonchev–Trinajstić information content (AvgIpc) is 3.13. The van der Waals surface area contributed by atoms with Crippen LogP contribution in [0.1, 0.15) is 18.9 Å². The highest BCUT2D eigenvalue weighted by Crippen LogP contribution is 2.34. The fourth-order valence-electron chi connectivity index (χ4n) is 4.08. The van der Waals surface area contributed by atoms with E-state index in [4.69, 9.17) is 5.41 Å². The van der Waals surface area contributed by atoms with Crippen LogP contribution in [0, 0.1) is 5.41 Å². The maximum absolute atomic E-state index is 8.03. The third kappa shape index (κ3) is 2.94. The number of aromatic nitrogens is 1. The maximum atomic E-state index is 8.03. The number of benzene rings is 4. The van der Waals surface area contributed by atoms with Gasteiger partial charge in [0.15, 0.2) is 0 Å². The summed E-state index contributed by atoms with van der Waals surface area (Å²) >= 11 is 0. The normalized spacial score (nSPS) is 11.2. The van der Waals surface area contributed by atoms with Crippen molar-refractivity contribution in [2.75, 3.05) is 0 Å². The Labute approximate surface area is 170 Å². The van der Waals surface area contributed by atoms with Crippen LogP contribution in [0.5, 0.6) is 0 Å². The molecular weight excluding hydrogens is 352 g/mol. The fourth-order valence-corrected chi connectivity index (χ4v) is 4.08. The van der Waals surface area contributed by atoms with E-state index < -0.39 is 0 Å². The van der Waals surface area contributed by atoms with Crippen LogP contribution in [-0.2, 0) is 0 Å². The smallest absolute Gasteiger partial charge is 0.0541 e. The molecular formula is C27H22N2. The summed E-state index contributed by atoms with van der Waals surface area (Å²) in [6.45, 7) is 2.02. The topological polar surface area (TPSA) is 28.8 Å². The van der Waals surface area contributed by atoms with E-state index in [1.165, 1.54) is 38.6 Å². The minimum absolute atomic E-state index is 0.679. The van der Waals surface area contributed by atoms with E-state index in [0.717, 1.165) is 12.0 Å². The standard InChI is InChI=1S/C27H22N2/c1-2-25(28)20-14-12-19(13-15-20)21-16-17-27-24(18-21)23-10-6-7-11-26(23)29(27)22-8-4-3-5-9-22/h3-18,28H,2H2,1H3. The Hall–Kier alpha value is -3.65. The minimum atomic E-state index is 0.679. The Morgan fingerprint density at radius 1 is 0.690 bits per heavy atom. The minimum Gasteiger partial charge on any atom is -0.309 e. The lowest BCUT2D eigenvalue weighted by Crippen LogP contribution is -1.95. The van der Waals surface area contributed by atoms with Crippen LogP contribution < -0.4 is 0 Å². The molecule has 0 saturated heterocycles. The highest BCUT2D eigenvalue weighted by atomic mass is 15.0. The van der Waals surface area contributed by atoms with Gasteiger partial charge in [-0.15, -0.1) is 0 Å². The summed E-state index contributed by atoms with van der Waals surface area (Å²) < 4.78 is 2.33. The second-order valence-electron chi connectivity index (χ2n) is 7.33. The molecule has 0 radical (unpaired) electrons. The molecule has 4 aromatic carbocycles. The summed E-state index contributed by atoms with van der Waals surface area (Å²) in [7, 11) is 0. The number of fused-ring (bicyclic) bond motifs is 3. The number of hydrogen-bond donors (Lipinski definition) is 1. The third-order valence-corrected chi connectivity index (χ3v) is 5.61. The molecule has 1 aromatic heterocycles. The molecule has 1 N–H and O–H groups in total. The van der Waals surface area contributed by atoms with Gasteiger partial charge >= 0.3 is 0 Å². The van der Waals surface area contributed by atoms with Crippen LogP contribution in [0.3, 0.4) is 0 Å². The van der Waals surface area contributed by atoms with Gasteiger partial charge in [0.1, 0.15) is 0 Å². The van der Waals surface area contributed by atoms with Crippen LogP contribution in [-0.4, -0.2) is 10.3 Å². The van der Waals surface area contributed by atoms with E-state index in [2.05, 4.69) is 102 Å². The van der Waals surface area contributed by atoms with Crippen molar-refractivity contribution in [3.8, 4) is 16.8 Å². The molecule has 0 saturated carbocycles. The average molecular weight is 374 g/mol. The predicted molar refractivity (Wildman–Crippen MR) is 123 cm³/mol. The van der Waals surface area contributed by atoms with Crippen LogP contribution in [0.25, 0.3) is 38.6 Å². The summed E-state index contributed by atoms with van der Waals surface area (Å²) in [5.41, 5.74) is 7.66. The van der Waals surface area contributed by atoms with Gasteiger partial charge in [-0.3, -0.25) is 0 Å². The first kappa shape index (κ1) is 17.4. The van der Waals surface area contributed by atoms with E-state index in [9.17, 15) is 0 Å². The van der Waals surface area contributed by atoms with Crippen molar-refractivity contribution in [1.82, 2.24) is 4.57 Å². The van der Waals surface area contributed by atoms with Crippen LogP contribution in [0.4, 0.5) is 0 Å². The van der Waals surface area contributed by atoms with Crippen LogP contribution in [0.15, 0.2) is 97.1 Å². The van der Waals surface area contributed by atoms with Gasteiger partial charge in [0.05, 0.1) is 11.0 Å². The van der Waals surface area contributed by atoms with Crippen molar-refractivity contribution in [3.05, 3.63) is 103 Å². The van der Waals surface area contributed by atoms with E-state index >= 15 is 0 Å². The van der Waals surface area contributed by atoms with E-state index in [0.29, 0.717) is 5.71 Å². The Kier molecular flexibility index (Phi) is 4.25. The molecule has 0 unspecified atom stereocenters. The number of nitrogens with one attached hydrogen (secondary N) is 1. The number of nitrogens with zero attached hydrogens (tertiary/aromatic N) is 1. The zero-order chi connectivity index (χ0) is 19.8. The Morgan fingerprint density at radius 2 is 1.34 bits per heavy atom. The predicted octanol–water partition coefficient (Wildman–Crippen LogP) is 7.23. The Bertz CT molecular complexity index is 1330. The van der Waals surface area contributed by atoms with Crippen LogP contribution in [0.2, 0.25) is 0 Å². The molecule has 0 fully saturated rings. The highest BCUT2D eigenvalue weighted by Gasteiger charge is 2.12. The molecule has 0 bridgehead atoms. The quantitative estimate of drug-likeness (QED) is 0.322. The monoisotopic (exact) mass is 374 g/mol. The van der Waals surface area contributed by atoms with E-state index in [1.807, 2.05) is 6.92 Å². The number of hydrogen-bond acceptors (Lipinski definition) is 1. The van der Waals surface area contributed by atoms with Crippen molar-refractivity contribution in [3.63, 3.8) is 0 Å². The lowest BCUT2D eigenvalue weighted by molar-refractivity contribution is 1.18. The molecule has 0 amide bonds. The lowest BCUT2D eigenvalue weighted by Gasteiger charge is -2.08. The van der Waals surface area contributed by atoms with E-state index in [-0.39, 0.29) is 0 Å². The third-order valence-electron chi connectivity index (χ3n) is 5.61. The summed E-state index contributed by atoms with van der Waals surface area (Å²) in [5, 5.41) is 10.6. The van der Waals surface area contributed by atoms with Crippen molar-refractivity contribution >= 4 is 27.5 Å². The summed E-state index contributed by atoms with van der Waals surface area (Å²) in [4.78, 5) is 0. The first-order chi connectivity index (χ1) is 14.3. The zero-order valence-corrected chi connectivity index (χ0v) is 16.4. The van der Waals surface area contributed by atoms with Gasteiger partial charge in [0.2, 0.25) is 0 Å². The molecule has 0 spiro atoms. The largest absolute Gasteiger partial charge is 0.309 e. The molecule has 2 heteroatoms. The molecule has 0 aliphatic rings. The zero-order valence-electron chi connectivity index (χ0n) is 16.4. The first-order valence-corrected chi connectivity index (χ1v) is 10.0. The van der Waals surface area contributed by atoms with Crippen molar-refractivity contribution < 1.29 is 0 Å². The molecule has 140 valence electrons. The van der Waals surface area contributed by atoms with Gasteiger partial charge in [-0.25, -0.2) is 0 Å². The Balaban J connectivity index is 1.70. The highest BCUT2D eigenvalue weighted by molar-refractivity contribution is 6.10. The number of rotatable bonds is 4. The van der Waals surface area contributed by atoms with Gasteiger partial charge in [-0.05, 0) is 53.4 Å². The van der Waals surface area contributed by atoms with Crippen LogP contribution >= 0.6 is 0 Å². The lowest BCUT2D eigenvalue weighted by atomic mass is 10.00. The second-order valence-corrected chi connectivity index (χ2v) is 7.33. The van der Waals surface area contributed by atoms with Crippen molar-refractivity contribution in [2.45, 2.75) is 13.3 Å². The van der Waals surface area contributed by atoms with Gasteiger partial charge in [0.25, 0.3) is 0 Å². The van der Waals surface area contributed by atoms with Crippen molar-refractivity contribution in [2.24, 2.45) is 0 Å². The molecule has 0 aliphatic heterocycles. The second kappa shape index (κ2) is 7.06. The summed E-state index contributed by atoms with van der Waals surface area (Å²) in [5.74, 6) is 0. The molecule has 29 heavy (non-hydrogen) atoms. The molecule has 0 atom stereocenters. The maximum Gasteiger partial charge on any atom is 0.0541 e. The van der Waals surface area contributed by atoms with Gasteiger partial charge < -0.3 is 9.98 Å². The van der Waals surface area contributed by atoms with Gasteiger partial charge in [0, 0.05) is 22.2 Å². The van der Waals surface area contributed by atoms with Crippen molar-refractivity contribution in [1.29, 1.82) is 5.41 Å². The first-order valence-electron chi connectivity index (χ1n) is 10.0. The molecule has 5 rings (SSSR count). The molecule has 0 aliphatic carbocycles. The molecule has 5 aromatic rings. The SMILES string of the molecule is CCC(=N)c1ccc(-c2ccc3c(c2)c2ccccc2n3-c2ccccc2)cc1. The van der Waals surface area contributed by atoms with Gasteiger partial charge in [-0.2, -0.15) is 0 Å².